The van der Waals surface area contributed by atoms with Gasteiger partial charge in [-0.25, -0.2) is 0 Å². The van der Waals surface area contributed by atoms with Gasteiger partial charge in [0.25, 0.3) is 0 Å². The average Bonchev–Trinajstić information content (AvgIpc) is 3.26. The zero-order valence-corrected chi connectivity index (χ0v) is 13.9. The summed E-state index contributed by atoms with van der Waals surface area (Å²) in [7, 11) is 0. The van der Waals surface area contributed by atoms with E-state index in [0.29, 0.717) is 13.0 Å². The Labute approximate surface area is 139 Å². The van der Waals surface area contributed by atoms with E-state index in [1.54, 1.807) is 0 Å². The molecule has 1 amide bonds. The summed E-state index contributed by atoms with van der Waals surface area (Å²) in [5.41, 5.74) is 1.03. The Kier molecular flexibility index (Phi) is 5.68. The Bertz CT molecular complexity index is 493. The highest BCUT2D eigenvalue weighted by atomic mass is 16.3. The van der Waals surface area contributed by atoms with E-state index in [0.717, 1.165) is 44.6 Å². The van der Waals surface area contributed by atoms with Crippen LogP contribution in [0.4, 0.5) is 0 Å². The van der Waals surface area contributed by atoms with Crippen molar-refractivity contribution < 1.29 is 9.90 Å². The first-order chi connectivity index (χ1) is 11.2. The molecule has 1 aromatic carbocycles. The zero-order chi connectivity index (χ0) is 16.1. The van der Waals surface area contributed by atoms with Gasteiger partial charge in [-0.15, -0.1) is 0 Å². The Balaban J connectivity index is 1.68. The molecule has 2 unspecified atom stereocenters. The van der Waals surface area contributed by atoms with Crippen LogP contribution in [-0.2, 0) is 4.79 Å². The maximum Gasteiger partial charge on any atom is 0.230 e. The van der Waals surface area contributed by atoms with E-state index in [1.165, 1.54) is 12.8 Å². The summed E-state index contributed by atoms with van der Waals surface area (Å²) < 4.78 is 0. The van der Waals surface area contributed by atoms with Crippen LogP contribution in [0, 0.1) is 0 Å². The molecular weight excluding hydrogens is 288 g/mol. The Morgan fingerprint density at radius 1 is 1.00 bits per heavy atom. The molecule has 2 atom stereocenters. The number of hydrogen-bond acceptors (Lipinski definition) is 3. The van der Waals surface area contributed by atoms with Gasteiger partial charge in [-0.3, -0.25) is 4.79 Å². The summed E-state index contributed by atoms with van der Waals surface area (Å²) in [5.74, 6) is -0.0268. The predicted molar refractivity (Wildman–Crippen MR) is 91.3 cm³/mol. The Morgan fingerprint density at radius 3 is 2.26 bits per heavy atom. The van der Waals surface area contributed by atoms with E-state index in [-0.39, 0.29) is 11.8 Å². The number of rotatable bonds is 6. The third-order valence-corrected chi connectivity index (χ3v) is 5.09. The predicted octanol–water partition coefficient (Wildman–Crippen LogP) is 2.24. The molecule has 23 heavy (non-hydrogen) atoms. The molecule has 0 radical (unpaired) electrons. The van der Waals surface area contributed by atoms with E-state index in [4.69, 9.17) is 0 Å². The van der Waals surface area contributed by atoms with Crippen LogP contribution in [0.25, 0.3) is 0 Å². The van der Waals surface area contributed by atoms with Gasteiger partial charge in [-0.05, 0) is 50.8 Å². The van der Waals surface area contributed by atoms with E-state index < -0.39 is 6.10 Å². The summed E-state index contributed by atoms with van der Waals surface area (Å²) in [5, 5.41) is 10.5. The number of carbonyl (C=O) groups excluding carboxylic acids is 1. The summed E-state index contributed by atoms with van der Waals surface area (Å²) in [6.45, 7) is 4.58. The molecule has 1 aromatic rings. The van der Waals surface area contributed by atoms with Crippen molar-refractivity contribution in [2.24, 2.45) is 0 Å². The van der Waals surface area contributed by atoms with Crippen molar-refractivity contribution >= 4 is 5.91 Å². The van der Waals surface area contributed by atoms with Gasteiger partial charge in [0.2, 0.25) is 5.91 Å². The van der Waals surface area contributed by atoms with E-state index in [9.17, 15) is 9.90 Å². The number of β-amino-alcohol motifs (C(OH)–C–C–N with tert-alkyl or cyclic N) is 1. The van der Waals surface area contributed by atoms with E-state index in [2.05, 4.69) is 4.90 Å². The first-order valence-corrected chi connectivity index (χ1v) is 8.98. The molecule has 4 nitrogen and oxygen atoms in total. The minimum atomic E-state index is -0.440. The first kappa shape index (κ1) is 16.5. The van der Waals surface area contributed by atoms with Crippen LogP contribution < -0.4 is 0 Å². The fourth-order valence-corrected chi connectivity index (χ4v) is 3.83. The van der Waals surface area contributed by atoms with Crippen LogP contribution in [0.5, 0.6) is 0 Å². The molecule has 0 spiro atoms. The Hall–Kier alpha value is -1.39. The van der Waals surface area contributed by atoms with Crippen molar-refractivity contribution in [1.82, 2.24) is 9.80 Å². The maximum absolute atomic E-state index is 12.9. The van der Waals surface area contributed by atoms with Crippen LogP contribution >= 0.6 is 0 Å². The van der Waals surface area contributed by atoms with Gasteiger partial charge < -0.3 is 14.9 Å². The molecule has 2 aliphatic rings. The molecule has 1 N–H and O–H groups in total. The molecule has 0 aliphatic carbocycles. The van der Waals surface area contributed by atoms with Crippen molar-refractivity contribution in [1.29, 1.82) is 0 Å². The van der Waals surface area contributed by atoms with Crippen LogP contribution in [0.2, 0.25) is 0 Å². The largest absolute Gasteiger partial charge is 0.392 e. The average molecular weight is 316 g/mol. The first-order valence-electron chi connectivity index (χ1n) is 8.98. The highest BCUT2D eigenvalue weighted by molar-refractivity contribution is 5.84. The lowest BCUT2D eigenvalue weighted by Gasteiger charge is -2.27. The molecule has 2 heterocycles. The van der Waals surface area contributed by atoms with E-state index >= 15 is 0 Å². The van der Waals surface area contributed by atoms with Gasteiger partial charge in [-0.2, -0.15) is 0 Å². The number of aliphatic hydroxyl groups excluding tert-OH is 1. The summed E-state index contributed by atoms with van der Waals surface area (Å²) in [6.07, 6.45) is 4.73. The van der Waals surface area contributed by atoms with Crippen molar-refractivity contribution in [3.63, 3.8) is 0 Å². The lowest BCUT2D eigenvalue weighted by atomic mass is 9.91. The lowest BCUT2D eigenvalue weighted by Crippen LogP contribution is -2.37. The van der Waals surface area contributed by atoms with Gasteiger partial charge >= 0.3 is 0 Å². The number of nitrogens with zero attached hydrogens (tertiary/aromatic N) is 2. The molecule has 126 valence electrons. The second-order valence-corrected chi connectivity index (χ2v) is 6.89. The molecule has 0 saturated carbocycles. The second-order valence-electron chi connectivity index (χ2n) is 6.89. The minimum absolute atomic E-state index is 0.189. The molecular formula is C19H28N2O2. The van der Waals surface area contributed by atoms with Gasteiger partial charge in [-0.1, -0.05) is 30.3 Å². The third kappa shape index (κ3) is 4.33. The van der Waals surface area contributed by atoms with Gasteiger partial charge in [0.05, 0.1) is 12.0 Å². The summed E-state index contributed by atoms with van der Waals surface area (Å²) in [6, 6.07) is 9.96. The minimum Gasteiger partial charge on any atom is -0.392 e. The van der Waals surface area contributed by atoms with Crippen molar-refractivity contribution in [3.8, 4) is 0 Å². The van der Waals surface area contributed by atoms with Crippen LogP contribution in [0.3, 0.4) is 0 Å². The molecule has 2 saturated heterocycles. The highest BCUT2D eigenvalue weighted by Crippen LogP contribution is 2.26. The van der Waals surface area contributed by atoms with Crippen molar-refractivity contribution in [2.45, 2.75) is 44.1 Å². The number of benzene rings is 1. The van der Waals surface area contributed by atoms with Crippen molar-refractivity contribution in [2.75, 3.05) is 32.7 Å². The monoisotopic (exact) mass is 316 g/mol. The van der Waals surface area contributed by atoms with Crippen LogP contribution in [0.1, 0.15) is 43.6 Å². The standard InChI is InChI=1S/C19H28N2O2/c22-17(15-20-10-4-5-11-20)14-18(16-8-2-1-3-9-16)19(23)21-12-6-7-13-21/h1-3,8-9,17-18,22H,4-7,10-15H2. The molecule has 4 heteroatoms. The molecule has 3 rings (SSSR count). The van der Waals surface area contributed by atoms with Crippen molar-refractivity contribution in [3.05, 3.63) is 35.9 Å². The third-order valence-electron chi connectivity index (χ3n) is 5.09. The quantitative estimate of drug-likeness (QED) is 0.875. The van der Waals surface area contributed by atoms with Crippen LogP contribution in [-0.4, -0.2) is 59.6 Å². The van der Waals surface area contributed by atoms with Gasteiger partial charge in [0, 0.05) is 19.6 Å². The smallest absolute Gasteiger partial charge is 0.230 e. The molecule has 0 bridgehead atoms. The highest BCUT2D eigenvalue weighted by Gasteiger charge is 2.30. The number of aliphatic hydroxyl groups is 1. The zero-order valence-electron chi connectivity index (χ0n) is 13.9. The molecule has 0 aromatic heterocycles. The topological polar surface area (TPSA) is 43.8 Å². The maximum atomic E-state index is 12.9. The molecule has 2 aliphatic heterocycles. The number of hydrogen-bond donors (Lipinski definition) is 1. The Morgan fingerprint density at radius 2 is 1.61 bits per heavy atom. The normalized spacial score (nSPS) is 21.5. The summed E-state index contributed by atoms with van der Waals surface area (Å²) in [4.78, 5) is 17.2. The van der Waals surface area contributed by atoms with Crippen LogP contribution in [0.15, 0.2) is 30.3 Å². The fraction of sp³-hybridized carbons (Fsp3) is 0.632. The number of likely N-dealkylation sites (tertiary alicyclic amines) is 2. The summed E-state index contributed by atoms with van der Waals surface area (Å²) >= 11 is 0. The van der Waals surface area contributed by atoms with E-state index in [1.807, 2.05) is 35.2 Å². The SMILES string of the molecule is O=C(C(CC(O)CN1CCCC1)c1ccccc1)N1CCCC1. The van der Waals surface area contributed by atoms with Gasteiger partial charge in [0.1, 0.15) is 0 Å². The van der Waals surface area contributed by atoms with Gasteiger partial charge in [0.15, 0.2) is 0 Å². The second kappa shape index (κ2) is 7.93. The number of amides is 1. The number of carbonyl (C=O) groups is 1. The molecule has 2 fully saturated rings. The lowest BCUT2D eigenvalue weighted by molar-refractivity contribution is -0.132. The fourth-order valence-electron chi connectivity index (χ4n) is 3.83.